The molecule has 1 aliphatic heterocycles. The van der Waals surface area contributed by atoms with E-state index in [1.54, 1.807) is 6.20 Å². The molecule has 0 bridgehead atoms. The predicted molar refractivity (Wildman–Crippen MR) is 110 cm³/mol. The zero-order valence-corrected chi connectivity index (χ0v) is 14.9. The third kappa shape index (κ3) is 3.15. The Morgan fingerprint density at radius 1 is 1.22 bits per heavy atom. The van der Waals surface area contributed by atoms with Gasteiger partial charge < -0.3 is 22.2 Å². The number of benzene rings is 1. The summed E-state index contributed by atoms with van der Waals surface area (Å²) in [6.07, 6.45) is 10.4. The summed E-state index contributed by atoms with van der Waals surface area (Å²) in [6.45, 7) is 1.04. The van der Waals surface area contributed by atoms with Crippen LogP contribution in [0.15, 0.2) is 49.1 Å². The minimum absolute atomic E-state index is 0.332. The minimum Gasteiger partial charge on any atom is -0.404 e. The first kappa shape index (κ1) is 17.2. The Labute approximate surface area is 157 Å². The van der Waals surface area contributed by atoms with Gasteiger partial charge in [0.15, 0.2) is 0 Å². The van der Waals surface area contributed by atoms with Gasteiger partial charge in [0.2, 0.25) is 0 Å². The van der Waals surface area contributed by atoms with Crippen molar-refractivity contribution in [3.63, 3.8) is 0 Å². The molecule has 1 saturated heterocycles. The second-order valence-corrected chi connectivity index (χ2v) is 6.73. The van der Waals surface area contributed by atoms with E-state index < -0.39 is 0 Å². The number of hydrogen-bond acceptors (Lipinski definition) is 6. The summed E-state index contributed by atoms with van der Waals surface area (Å²) >= 11 is 0. The topological polar surface area (TPSA) is 114 Å². The fraction of sp³-hybridized carbons (Fsp3) is 0.190. The van der Waals surface area contributed by atoms with Gasteiger partial charge in [-0.15, -0.1) is 0 Å². The fourth-order valence-corrected chi connectivity index (χ4v) is 3.71. The number of anilines is 1. The molecule has 6 heteroatoms. The van der Waals surface area contributed by atoms with E-state index in [2.05, 4.69) is 27.4 Å². The molecule has 6 nitrogen and oxygen atoms in total. The van der Waals surface area contributed by atoms with E-state index >= 15 is 0 Å². The van der Waals surface area contributed by atoms with Crippen LogP contribution in [0.1, 0.15) is 30.0 Å². The number of pyridine rings is 2. The minimum atomic E-state index is 0.332. The summed E-state index contributed by atoms with van der Waals surface area (Å²) in [4.78, 5) is 8.65. The maximum atomic E-state index is 7.55. The average molecular weight is 358 g/mol. The van der Waals surface area contributed by atoms with Crippen molar-refractivity contribution in [1.82, 2.24) is 15.3 Å². The summed E-state index contributed by atoms with van der Waals surface area (Å²) in [5.41, 5.74) is 16.1. The van der Waals surface area contributed by atoms with Gasteiger partial charge in [-0.1, -0.05) is 0 Å². The number of nitrogens with one attached hydrogen (secondary N) is 2. The summed E-state index contributed by atoms with van der Waals surface area (Å²) in [5.74, 6) is 0.363. The van der Waals surface area contributed by atoms with E-state index in [9.17, 15) is 0 Å². The van der Waals surface area contributed by atoms with Gasteiger partial charge in [-0.3, -0.25) is 4.98 Å². The van der Waals surface area contributed by atoms with Crippen molar-refractivity contribution < 1.29 is 0 Å². The maximum absolute atomic E-state index is 7.55. The summed E-state index contributed by atoms with van der Waals surface area (Å²) in [6, 6.07) is 8.66. The van der Waals surface area contributed by atoms with Gasteiger partial charge in [0.1, 0.15) is 5.82 Å². The molecule has 1 aliphatic rings. The first-order valence-corrected chi connectivity index (χ1v) is 9.01. The number of nitrogens with two attached hydrogens (primary N) is 2. The quantitative estimate of drug-likeness (QED) is 0.535. The van der Waals surface area contributed by atoms with Gasteiger partial charge in [-0.2, -0.15) is 0 Å². The van der Waals surface area contributed by atoms with Crippen LogP contribution < -0.4 is 16.8 Å². The maximum Gasteiger partial charge on any atom is 0.131 e. The number of allylic oxidation sites excluding steroid dienone is 1. The molecule has 0 radical (unpaired) electrons. The molecule has 1 aromatic carbocycles. The van der Waals surface area contributed by atoms with Crippen LogP contribution in [0.2, 0.25) is 0 Å². The number of rotatable bonds is 4. The SMILES string of the molecule is N=CC(=CN)c1cc(-c2cc([C@H]3CCCN3)c3cnccc3c2)cnc1N. The lowest BCUT2D eigenvalue weighted by atomic mass is 9.93. The molecule has 27 heavy (non-hydrogen) atoms. The van der Waals surface area contributed by atoms with Crippen molar-refractivity contribution in [3.05, 3.63) is 60.2 Å². The molecule has 136 valence electrons. The lowest BCUT2D eigenvalue weighted by Crippen LogP contribution is -2.13. The van der Waals surface area contributed by atoms with Crippen LogP contribution in [-0.2, 0) is 0 Å². The molecule has 4 rings (SSSR count). The van der Waals surface area contributed by atoms with Crippen molar-refractivity contribution in [2.24, 2.45) is 5.73 Å². The zero-order valence-electron chi connectivity index (χ0n) is 14.9. The van der Waals surface area contributed by atoms with E-state index in [0.29, 0.717) is 23.0 Å². The summed E-state index contributed by atoms with van der Waals surface area (Å²) < 4.78 is 0. The Kier molecular flexibility index (Phi) is 4.56. The number of aromatic nitrogens is 2. The van der Waals surface area contributed by atoms with E-state index in [1.807, 2.05) is 24.5 Å². The zero-order chi connectivity index (χ0) is 18.8. The predicted octanol–water partition coefficient (Wildman–Crippen LogP) is 3.25. The lowest BCUT2D eigenvalue weighted by molar-refractivity contribution is 0.653. The van der Waals surface area contributed by atoms with Gasteiger partial charge in [-0.05, 0) is 60.2 Å². The van der Waals surface area contributed by atoms with Gasteiger partial charge in [0, 0.05) is 59.1 Å². The van der Waals surface area contributed by atoms with E-state index in [0.717, 1.165) is 29.5 Å². The number of nitrogens with zero attached hydrogens (tertiary/aromatic N) is 2. The highest BCUT2D eigenvalue weighted by atomic mass is 14.9. The Morgan fingerprint density at radius 3 is 2.85 bits per heavy atom. The number of hydrogen-bond donors (Lipinski definition) is 4. The molecule has 2 aromatic heterocycles. The second-order valence-electron chi connectivity index (χ2n) is 6.73. The van der Waals surface area contributed by atoms with E-state index in [-0.39, 0.29) is 0 Å². The van der Waals surface area contributed by atoms with Gasteiger partial charge in [0.05, 0.1) is 0 Å². The molecule has 6 N–H and O–H groups in total. The largest absolute Gasteiger partial charge is 0.404 e. The normalized spacial score (nSPS) is 17.3. The van der Waals surface area contributed by atoms with Gasteiger partial charge in [0.25, 0.3) is 0 Å². The highest BCUT2D eigenvalue weighted by Crippen LogP contribution is 2.35. The monoisotopic (exact) mass is 358 g/mol. The van der Waals surface area contributed by atoms with Crippen LogP contribution in [0.5, 0.6) is 0 Å². The van der Waals surface area contributed by atoms with Crippen molar-refractivity contribution in [3.8, 4) is 11.1 Å². The summed E-state index contributed by atoms with van der Waals surface area (Å²) in [5, 5.41) is 13.5. The molecule has 3 heterocycles. The Bertz CT molecular complexity index is 1030. The van der Waals surface area contributed by atoms with Crippen LogP contribution in [0.4, 0.5) is 5.82 Å². The lowest BCUT2D eigenvalue weighted by Gasteiger charge is -2.16. The average Bonchev–Trinajstić information content (AvgIpc) is 3.24. The number of nitrogen functional groups attached to an aromatic ring is 1. The van der Waals surface area contributed by atoms with Gasteiger partial charge in [-0.25, -0.2) is 4.98 Å². The van der Waals surface area contributed by atoms with Crippen LogP contribution in [0.25, 0.3) is 27.5 Å². The highest BCUT2D eigenvalue weighted by Gasteiger charge is 2.20. The first-order valence-electron chi connectivity index (χ1n) is 9.01. The molecule has 0 amide bonds. The summed E-state index contributed by atoms with van der Waals surface area (Å²) in [7, 11) is 0. The highest BCUT2D eigenvalue weighted by molar-refractivity contribution is 6.10. The van der Waals surface area contributed by atoms with Crippen LogP contribution in [0.3, 0.4) is 0 Å². The molecule has 0 aliphatic carbocycles. The molecular weight excluding hydrogens is 336 g/mol. The van der Waals surface area contributed by atoms with Crippen molar-refractivity contribution >= 4 is 28.4 Å². The van der Waals surface area contributed by atoms with Crippen molar-refractivity contribution in [2.45, 2.75) is 18.9 Å². The van der Waals surface area contributed by atoms with E-state index in [1.165, 1.54) is 29.8 Å². The fourth-order valence-electron chi connectivity index (χ4n) is 3.71. The van der Waals surface area contributed by atoms with E-state index in [4.69, 9.17) is 16.9 Å². The van der Waals surface area contributed by atoms with Crippen molar-refractivity contribution in [2.75, 3.05) is 12.3 Å². The Morgan fingerprint density at radius 2 is 2.11 bits per heavy atom. The Hall–Kier alpha value is -3.25. The third-order valence-corrected chi connectivity index (χ3v) is 5.12. The smallest absolute Gasteiger partial charge is 0.131 e. The molecule has 0 saturated carbocycles. The van der Waals surface area contributed by atoms with Crippen LogP contribution in [0, 0.1) is 5.41 Å². The third-order valence-electron chi connectivity index (χ3n) is 5.12. The van der Waals surface area contributed by atoms with Crippen LogP contribution in [-0.4, -0.2) is 22.7 Å². The molecule has 1 atom stereocenters. The molecule has 0 unspecified atom stereocenters. The molecule has 1 fully saturated rings. The molecule has 0 spiro atoms. The van der Waals surface area contributed by atoms with Crippen LogP contribution >= 0.6 is 0 Å². The standard InChI is InChI=1S/C21H22N6/c22-9-16(10-23)17-8-15(11-27-21(17)24)14-6-13-3-5-25-12-19(13)18(7-14)20-2-1-4-26-20/h3,5-12,20,22,26H,1-2,4,23H2,(H2,24,27)/t20-/m1/s1. The second kappa shape index (κ2) is 7.17. The first-order chi connectivity index (χ1) is 13.2. The Balaban J connectivity index is 1.89. The van der Waals surface area contributed by atoms with Crippen molar-refractivity contribution in [1.29, 1.82) is 5.41 Å². The molecular formula is C21H22N6. The molecule has 3 aromatic rings. The number of fused-ring (bicyclic) bond motifs is 1. The van der Waals surface area contributed by atoms with Gasteiger partial charge >= 0.3 is 0 Å².